The quantitative estimate of drug-likeness (QED) is 0.623. The minimum atomic E-state index is -3.53. The Bertz CT molecular complexity index is 897. The fourth-order valence-electron chi connectivity index (χ4n) is 2.54. The van der Waals surface area contributed by atoms with Gasteiger partial charge in [0, 0.05) is 35.1 Å². The van der Waals surface area contributed by atoms with Crippen molar-refractivity contribution in [3.05, 3.63) is 58.9 Å². The molecule has 1 N–H and O–H groups in total. The number of amides is 1. The summed E-state index contributed by atoms with van der Waals surface area (Å²) in [6, 6.07) is 10.5. The summed E-state index contributed by atoms with van der Waals surface area (Å²) in [7, 11) is -3.53. The first-order chi connectivity index (χ1) is 13.3. The molecule has 9 heteroatoms. The molecule has 0 aromatic heterocycles. The molecule has 0 saturated carbocycles. The molecule has 2 aromatic rings. The van der Waals surface area contributed by atoms with Crippen molar-refractivity contribution in [2.45, 2.75) is 24.5 Å². The van der Waals surface area contributed by atoms with Crippen molar-refractivity contribution >= 4 is 45.0 Å². The van der Waals surface area contributed by atoms with E-state index in [4.69, 9.17) is 11.6 Å². The summed E-state index contributed by atoms with van der Waals surface area (Å²) in [5.74, 6) is -0.272. The second-order valence-electron chi connectivity index (χ2n) is 5.85. The van der Waals surface area contributed by atoms with Crippen molar-refractivity contribution in [3.8, 4) is 0 Å². The Labute approximate surface area is 174 Å². The number of hydrogen-bond acceptors (Lipinski definition) is 4. The summed E-state index contributed by atoms with van der Waals surface area (Å²) in [6.07, 6.45) is 0. The number of hydrogen-bond donors (Lipinski definition) is 1. The van der Waals surface area contributed by atoms with E-state index in [1.807, 2.05) is 0 Å². The fraction of sp³-hybridized carbons (Fsp3) is 0.316. The lowest BCUT2D eigenvalue weighted by molar-refractivity contribution is -0.113. The number of benzene rings is 2. The van der Waals surface area contributed by atoms with Crippen molar-refractivity contribution < 1.29 is 17.6 Å². The number of carbonyl (C=O) groups is 1. The predicted octanol–water partition coefficient (Wildman–Crippen LogP) is 4.38. The Hall–Kier alpha value is -1.61. The molecule has 0 heterocycles. The van der Waals surface area contributed by atoms with Gasteiger partial charge in [0.15, 0.2) is 0 Å². The molecule has 0 aliphatic rings. The monoisotopic (exact) mass is 444 g/mol. The Morgan fingerprint density at radius 2 is 1.79 bits per heavy atom. The molecule has 0 atom stereocenters. The molecular weight excluding hydrogens is 423 g/mol. The van der Waals surface area contributed by atoms with Gasteiger partial charge in [-0.2, -0.15) is 4.31 Å². The summed E-state index contributed by atoms with van der Waals surface area (Å²) >= 11 is 7.20. The van der Waals surface area contributed by atoms with E-state index in [-0.39, 0.29) is 22.3 Å². The lowest BCUT2D eigenvalue weighted by atomic mass is 10.2. The largest absolute Gasteiger partial charge is 0.325 e. The van der Waals surface area contributed by atoms with Crippen LogP contribution in [0.4, 0.5) is 10.1 Å². The van der Waals surface area contributed by atoms with Crippen LogP contribution in [0, 0.1) is 5.82 Å². The number of nitrogens with zero attached hydrogens (tertiary/aromatic N) is 1. The summed E-state index contributed by atoms with van der Waals surface area (Å²) in [5, 5.41) is 3.03. The maximum absolute atomic E-state index is 13.7. The zero-order valence-corrected chi connectivity index (χ0v) is 18.0. The summed E-state index contributed by atoms with van der Waals surface area (Å²) in [5.41, 5.74) is 0.862. The third-order valence-electron chi connectivity index (χ3n) is 4.02. The van der Waals surface area contributed by atoms with E-state index in [0.717, 1.165) is 0 Å². The number of halogens is 2. The highest BCUT2D eigenvalue weighted by molar-refractivity contribution is 7.99. The van der Waals surface area contributed by atoms with Crippen molar-refractivity contribution in [2.75, 3.05) is 24.2 Å². The van der Waals surface area contributed by atoms with Gasteiger partial charge in [-0.15, -0.1) is 11.8 Å². The molecule has 0 fully saturated rings. The van der Waals surface area contributed by atoms with E-state index in [1.165, 1.54) is 40.3 Å². The molecule has 0 aliphatic carbocycles. The number of nitrogens with one attached hydrogen (secondary N) is 1. The van der Waals surface area contributed by atoms with E-state index in [1.54, 1.807) is 32.0 Å². The molecule has 28 heavy (non-hydrogen) atoms. The van der Waals surface area contributed by atoms with Gasteiger partial charge in [-0.05, 0) is 36.4 Å². The highest BCUT2D eigenvalue weighted by Gasteiger charge is 2.21. The van der Waals surface area contributed by atoms with Gasteiger partial charge in [-0.1, -0.05) is 31.5 Å². The van der Waals surface area contributed by atoms with Gasteiger partial charge in [0.05, 0.1) is 10.6 Å². The minimum Gasteiger partial charge on any atom is -0.325 e. The van der Waals surface area contributed by atoms with Gasteiger partial charge in [0.1, 0.15) is 5.82 Å². The van der Waals surface area contributed by atoms with Gasteiger partial charge in [-0.25, -0.2) is 12.8 Å². The second-order valence-corrected chi connectivity index (χ2v) is 9.19. The molecule has 0 aliphatic heterocycles. The van der Waals surface area contributed by atoms with Crippen LogP contribution in [0.1, 0.15) is 19.4 Å². The highest BCUT2D eigenvalue weighted by Crippen LogP contribution is 2.24. The number of rotatable bonds is 9. The predicted molar refractivity (Wildman–Crippen MR) is 113 cm³/mol. The lowest BCUT2D eigenvalue weighted by Gasteiger charge is -2.18. The van der Waals surface area contributed by atoms with Crippen molar-refractivity contribution in [2.24, 2.45) is 0 Å². The third-order valence-corrected chi connectivity index (χ3v) is 7.40. The van der Waals surface area contributed by atoms with Crippen LogP contribution in [0.2, 0.25) is 5.02 Å². The number of anilines is 1. The fourth-order valence-corrected chi connectivity index (χ4v) is 5.16. The second kappa shape index (κ2) is 10.2. The lowest BCUT2D eigenvalue weighted by Crippen LogP contribution is -2.30. The molecule has 0 bridgehead atoms. The van der Waals surface area contributed by atoms with Gasteiger partial charge in [-0.3, -0.25) is 4.79 Å². The smallest absolute Gasteiger partial charge is 0.243 e. The van der Waals surface area contributed by atoms with Gasteiger partial charge in [0.2, 0.25) is 15.9 Å². The van der Waals surface area contributed by atoms with E-state index in [0.29, 0.717) is 29.4 Å². The van der Waals surface area contributed by atoms with Gasteiger partial charge >= 0.3 is 0 Å². The minimum absolute atomic E-state index is 0.115. The van der Waals surface area contributed by atoms with Crippen molar-refractivity contribution in [1.29, 1.82) is 0 Å². The van der Waals surface area contributed by atoms with Crippen LogP contribution < -0.4 is 5.32 Å². The summed E-state index contributed by atoms with van der Waals surface area (Å²) in [6.45, 7) is 4.34. The Balaban J connectivity index is 1.92. The average molecular weight is 445 g/mol. The van der Waals surface area contributed by atoms with Crippen LogP contribution in [0.25, 0.3) is 0 Å². The maximum Gasteiger partial charge on any atom is 0.243 e. The summed E-state index contributed by atoms with van der Waals surface area (Å²) < 4.78 is 40.0. The number of carbonyl (C=O) groups excluding carboxylic acids is 1. The zero-order valence-electron chi connectivity index (χ0n) is 15.6. The number of sulfonamides is 1. The zero-order chi connectivity index (χ0) is 20.7. The molecule has 0 radical (unpaired) electrons. The van der Waals surface area contributed by atoms with Crippen LogP contribution >= 0.6 is 23.4 Å². The van der Waals surface area contributed by atoms with Crippen LogP contribution in [-0.4, -0.2) is 37.5 Å². The summed E-state index contributed by atoms with van der Waals surface area (Å²) in [4.78, 5) is 12.2. The Kier molecular flexibility index (Phi) is 8.30. The van der Waals surface area contributed by atoms with Gasteiger partial charge in [0.25, 0.3) is 0 Å². The molecule has 5 nitrogen and oxygen atoms in total. The first-order valence-corrected chi connectivity index (χ1v) is 11.7. The van der Waals surface area contributed by atoms with Crippen LogP contribution in [-0.2, 0) is 20.6 Å². The molecule has 0 spiro atoms. The molecule has 2 rings (SSSR count). The maximum atomic E-state index is 13.7. The third kappa shape index (κ3) is 5.70. The van der Waals surface area contributed by atoms with E-state index in [2.05, 4.69) is 5.32 Å². The van der Waals surface area contributed by atoms with E-state index in [9.17, 15) is 17.6 Å². The average Bonchev–Trinajstić information content (AvgIpc) is 2.65. The molecule has 1 amide bonds. The standard InChI is InChI=1S/C19H22ClFN2O3S2/c1-3-23(4-2)28(25,26)15-10-8-14(9-11-15)22-19(24)13-27-12-16-17(20)6-5-7-18(16)21/h5-11H,3-4,12-13H2,1-2H3,(H,22,24). The number of thioether (sulfide) groups is 1. The molecule has 0 saturated heterocycles. The highest BCUT2D eigenvalue weighted by atomic mass is 35.5. The molecular formula is C19H22ClFN2O3S2. The Morgan fingerprint density at radius 3 is 2.36 bits per heavy atom. The molecule has 0 unspecified atom stereocenters. The van der Waals surface area contributed by atoms with Crippen molar-refractivity contribution in [3.63, 3.8) is 0 Å². The molecule has 152 valence electrons. The molecule has 2 aromatic carbocycles. The first-order valence-electron chi connectivity index (χ1n) is 8.70. The van der Waals surface area contributed by atoms with Gasteiger partial charge < -0.3 is 5.32 Å². The van der Waals surface area contributed by atoms with Crippen LogP contribution in [0.15, 0.2) is 47.4 Å². The van der Waals surface area contributed by atoms with Crippen LogP contribution in [0.5, 0.6) is 0 Å². The Morgan fingerprint density at radius 1 is 1.14 bits per heavy atom. The normalized spacial score (nSPS) is 11.6. The topological polar surface area (TPSA) is 66.5 Å². The first kappa shape index (κ1) is 22.7. The SMILES string of the molecule is CCN(CC)S(=O)(=O)c1ccc(NC(=O)CSCc2c(F)cccc2Cl)cc1. The van der Waals surface area contributed by atoms with Crippen LogP contribution in [0.3, 0.4) is 0 Å². The van der Waals surface area contributed by atoms with E-state index < -0.39 is 15.8 Å². The van der Waals surface area contributed by atoms with Crippen molar-refractivity contribution in [1.82, 2.24) is 4.31 Å². The van der Waals surface area contributed by atoms with E-state index >= 15 is 0 Å².